The van der Waals surface area contributed by atoms with Gasteiger partial charge in [-0.15, -0.1) is 11.6 Å². The summed E-state index contributed by atoms with van der Waals surface area (Å²) in [6.07, 6.45) is -0.385. The number of aliphatic hydroxyl groups is 1. The third-order valence-electron chi connectivity index (χ3n) is 1.15. The highest BCUT2D eigenvalue weighted by Gasteiger charge is 2.20. The van der Waals surface area contributed by atoms with Gasteiger partial charge in [-0.2, -0.15) is 0 Å². The summed E-state index contributed by atoms with van der Waals surface area (Å²) in [6.45, 7) is 5.88. The first-order valence-electron chi connectivity index (χ1n) is 2.72. The molecule has 0 aromatic carbocycles. The van der Waals surface area contributed by atoms with Crippen molar-refractivity contribution in [3.8, 4) is 0 Å². The molecular formula is C6H16ClNO. The minimum absolute atomic E-state index is 0. The largest absolute Gasteiger partial charge is 0.391 e. The highest BCUT2D eigenvalue weighted by molar-refractivity contribution is 6.18. The number of rotatable bonds is 1. The lowest BCUT2D eigenvalue weighted by atomic mass is 9.90. The van der Waals surface area contributed by atoms with Crippen molar-refractivity contribution in [1.82, 2.24) is 6.15 Å². The molecule has 0 aliphatic carbocycles. The molecule has 0 aliphatic rings. The minimum atomic E-state index is -0.385. The molecule has 0 radical (unpaired) electrons. The highest BCUT2D eigenvalue weighted by atomic mass is 35.5. The highest BCUT2D eigenvalue weighted by Crippen LogP contribution is 2.19. The third-order valence-corrected chi connectivity index (χ3v) is 1.44. The van der Waals surface area contributed by atoms with Crippen LogP contribution in [-0.4, -0.2) is 17.1 Å². The first-order chi connectivity index (χ1) is 3.48. The summed E-state index contributed by atoms with van der Waals surface area (Å²) < 4.78 is 0. The van der Waals surface area contributed by atoms with Crippen molar-refractivity contribution in [2.24, 2.45) is 5.41 Å². The van der Waals surface area contributed by atoms with Gasteiger partial charge in [0.2, 0.25) is 0 Å². The Hall–Kier alpha value is 0.210. The second-order valence-corrected chi connectivity index (χ2v) is 3.34. The summed E-state index contributed by atoms with van der Waals surface area (Å²) in [5.74, 6) is 0.323. The van der Waals surface area contributed by atoms with E-state index in [4.69, 9.17) is 16.7 Å². The molecule has 9 heavy (non-hydrogen) atoms. The molecule has 4 N–H and O–H groups in total. The van der Waals surface area contributed by atoms with E-state index in [1.54, 1.807) is 0 Å². The fourth-order valence-corrected chi connectivity index (χ4v) is 0.694. The van der Waals surface area contributed by atoms with Crippen LogP contribution in [0, 0.1) is 5.41 Å². The van der Waals surface area contributed by atoms with Gasteiger partial charge in [-0.05, 0) is 5.41 Å². The maximum atomic E-state index is 9.06. The average Bonchev–Trinajstić information content (AvgIpc) is 1.62. The van der Waals surface area contributed by atoms with Gasteiger partial charge in [0.1, 0.15) is 0 Å². The van der Waals surface area contributed by atoms with Gasteiger partial charge in [0.15, 0.2) is 0 Å². The summed E-state index contributed by atoms with van der Waals surface area (Å²) in [5.41, 5.74) is -0.0677. The second kappa shape index (κ2) is 4.09. The maximum absolute atomic E-state index is 9.06. The molecule has 2 nitrogen and oxygen atoms in total. The standard InChI is InChI=1S/C6H13ClO.H3N/c1-6(2,3)5(8)4-7;/h5,8H,4H2,1-3H3;1H3. The first kappa shape index (κ1) is 11.9. The van der Waals surface area contributed by atoms with E-state index >= 15 is 0 Å². The molecular weight excluding hydrogens is 138 g/mol. The van der Waals surface area contributed by atoms with Crippen LogP contribution in [0.25, 0.3) is 0 Å². The van der Waals surface area contributed by atoms with Gasteiger partial charge in [-0.25, -0.2) is 0 Å². The molecule has 0 heterocycles. The van der Waals surface area contributed by atoms with Crippen LogP contribution in [0.4, 0.5) is 0 Å². The minimum Gasteiger partial charge on any atom is -0.391 e. The lowest BCUT2D eigenvalue weighted by molar-refractivity contribution is 0.0831. The normalized spacial score (nSPS) is 14.3. The third kappa shape index (κ3) is 4.70. The van der Waals surface area contributed by atoms with Crippen molar-refractivity contribution in [3.63, 3.8) is 0 Å². The molecule has 0 aliphatic heterocycles. The van der Waals surface area contributed by atoms with Crippen LogP contribution >= 0.6 is 11.6 Å². The van der Waals surface area contributed by atoms with E-state index in [1.165, 1.54) is 0 Å². The number of aliphatic hydroxyl groups excluding tert-OH is 1. The molecule has 3 heteroatoms. The van der Waals surface area contributed by atoms with Gasteiger partial charge >= 0.3 is 0 Å². The Kier molecular flexibility index (Phi) is 5.43. The van der Waals surface area contributed by atoms with Crippen LogP contribution in [0.1, 0.15) is 20.8 Å². The van der Waals surface area contributed by atoms with E-state index in [0.29, 0.717) is 5.88 Å². The molecule has 1 unspecified atom stereocenters. The Morgan fingerprint density at radius 1 is 1.44 bits per heavy atom. The molecule has 0 spiro atoms. The summed E-state index contributed by atoms with van der Waals surface area (Å²) in [6, 6.07) is 0. The summed E-state index contributed by atoms with van der Waals surface area (Å²) in [4.78, 5) is 0. The quantitative estimate of drug-likeness (QED) is 0.565. The van der Waals surface area contributed by atoms with Crippen molar-refractivity contribution in [2.75, 3.05) is 5.88 Å². The van der Waals surface area contributed by atoms with Gasteiger partial charge < -0.3 is 11.3 Å². The lowest BCUT2D eigenvalue weighted by Gasteiger charge is -2.23. The van der Waals surface area contributed by atoms with Gasteiger partial charge in [0, 0.05) is 5.88 Å². The topological polar surface area (TPSA) is 55.2 Å². The number of hydrogen-bond donors (Lipinski definition) is 2. The Balaban J connectivity index is 0. The van der Waals surface area contributed by atoms with Crippen LogP contribution < -0.4 is 6.15 Å². The molecule has 0 aromatic rings. The van der Waals surface area contributed by atoms with Crippen LogP contribution in [0.5, 0.6) is 0 Å². The van der Waals surface area contributed by atoms with E-state index in [1.807, 2.05) is 20.8 Å². The second-order valence-electron chi connectivity index (χ2n) is 3.04. The van der Waals surface area contributed by atoms with Gasteiger partial charge in [-0.1, -0.05) is 20.8 Å². The Bertz CT molecular complexity index is 69.9. The molecule has 0 aromatic heterocycles. The van der Waals surface area contributed by atoms with Crippen LogP contribution in [0.3, 0.4) is 0 Å². The van der Waals surface area contributed by atoms with Crippen molar-refractivity contribution in [1.29, 1.82) is 0 Å². The van der Waals surface area contributed by atoms with E-state index in [0.717, 1.165) is 0 Å². The van der Waals surface area contributed by atoms with Crippen LogP contribution in [0.2, 0.25) is 0 Å². The Morgan fingerprint density at radius 3 is 1.78 bits per heavy atom. The maximum Gasteiger partial charge on any atom is 0.0723 e. The fourth-order valence-electron chi connectivity index (χ4n) is 0.231. The monoisotopic (exact) mass is 153 g/mol. The summed E-state index contributed by atoms with van der Waals surface area (Å²) >= 11 is 5.39. The molecule has 0 saturated carbocycles. The van der Waals surface area contributed by atoms with Gasteiger partial charge in [-0.3, -0.25) is 0 Å². The van der Waals surface area contributed by atoms with Crippen molar-refractivity contribution >= 4 is 11.6 Å². The fraction of sp³-hybridized carbons (Fsp3) is 1.00. The van der Waals surface area contributed by atoms with Crippen molar-refractivity contribution < 1.29 is 5.11 Å². The van der Waals surface area contributed by atoms with Crippen molar-refractivity contribution in [2.45, 2.75) is 26.9 Å². The summed E-state index contributed by atoms with van der Waals surface area (Å²) in [5, 5.41) is 9.06. The molecule has 0 rings (SSSR count). The molecule has 58 valence electrons. The predicted molar refractivity (Wildman–Crippen MR) is 41.2 cm³/mol. The Labute approximate surface area is 61.8 Å². The van der Waals surface area contributed by atoms with Crippen LogP contribution in [-0.2, 0) is 0 Å². The molecule has 0 bridgehead atoms. The van der Waals surface area contributed by atoms with Crippen molar-refractivity contribution in [3.05, 3.63) is 0 Å². The van der Waals surface area contributed by atoms with E-state index in [2.05, 4.69) is 0 Å². The smallest absolute Gasteiger partial charge is 0.0723 e. The zero-order valence-corrected chi connectivity index (χ0v) is 7.07. The lowest BCUT2D eigenvalue weighted by Crippen LogP contribution is -2.27. The number of hydrogen-bond acceptors (Lipinski definition) is 2. The number of halogens is 1. The first-order valence-corrected chi connectivity index (χ1v) is 3.26. The Morgan fingerprint density at radius 2 is 1.78 bits per heavy atom. The van der Waals surface area contributed by atoms with Gasteiger partial charge in [0.05, 0.1) is 6.10 Å². The molecule has 0 fully saturated rings. The predicted octanol–water partition coefficient (Wildman–Crippen LogP) is 1.79. The van der Waals surface area contributed by atoms with E-state index in [9.17, 15) is 0 Å². The number of alkyl halides is 1. The SMILES string of the molecule is CC(C)(C)C(O)CCl.N. The zero-order chi connectivity index (χ0) is 6.78. The van der Waals surface area contributed by atoms with Crippen LogP contribution in [0.15, 0.2) is 0 Å². The summed E-state index contributed by atoms with van der Waals surface area (Å²) in [7, 11) is 0. The average molecular weight is 154 g/mol. The van der Waals surface area contributed by atoms with E-state index < -0.39 is 0 Å². The molecule has 0 saturated heterocycles. The molecule has 1 atom stereocenters. The van der Waals surface area contributed by atoms with Gasteiger partial charge in [0.25, 0.3) is 0 Å². The zero-order valence-electron chi connectivity index (χ0n) is 6.32. The molecule has 0 amide bonds. The van der Waals surface area contributed by atoms with E-state index in [-0.39, 0.29) is 17.7 Å².